The van der Waals surface area contributed by atoms with Gasteiger partial charge in [0.1, 0.15) is 0 Å². The summed E-state index contributed by atoms with van der Waals surface area (Å²) >= 11 is 0. The van der Waals surface area contributed by atoms with Crippen LogP contribution in [0.25, 0.3) is 0 Å². The summed E-state index contributed by atoms with van der Waals surface area (Å²) in [6.45, 7) is 5.82. The lowest BCUT2D eigenvalue weighted by atomic mass is 10.1. The Hall–Kier alpha value is -1.62. The summed E-state index contributed by atoms with van der Waals surface area (Å²) in [6.07, 6.45) is 4.56. The van der Waals surface area contributed by atoms with E-state index < -0.39 is 0 Å². The number of nitrogens with zero attached hydrogens (tertiary/aromatic N) is 3. The van der Waals surface area contributed by atoms with Crippen molar-refractivity contribution in [2.75, 3.05) is 45.6 Å². The van der Waals surface area contributed by atoms with E-state index in [4.69, 9.17) is 0 Å². The van der Waals surface area contributed by atoms with Crippen LogP contribution in [0.4, 0.5) is 5.69 Å². The number of aromatic nitrogens is 1. The van der Waals surface area contributed by atoms with Crippen molar-refractivity contribution in [3.63, 3.8) is 0 Å². The molecule has 1 atom stereocenters. The van der Waals surface area contributed by atoms with Crippen LogP contribution >= 0.6 is 0 Å². The molecule has 1 amide bonds. The van der Waals surface area contributed by atoms with E-state index in [0.717, 1.165) is 31.9 Å². The van der Waals surface area contributed by atoms with Crippen LogP contribution in [0.3, 0.4) is 0 Å². The zero-order chi connectivity index (χ0) is 14.5. The van der Waals surface area contributed by atoms with Gasteiger partial charge in [0.15, 0.2) is 0 Å². The average Bonchev–Trinajstić information content (AvgIpc) is 2.84. The molecule has 5 nitrogen and oxygen atoms in total. The van der Waals surface area contributed by atoms with E-state index >= 15 is 0 Å². The van der Waals surface area contributed by atoms with Gasteiger partial charge in [-0.1, -0.05) is 0 Å². The van der Waals surface area contributed by atoms with Gasteiger partial charge in [0.2, 0.25) is 0 Å². The molecule has 1 aromatic rings. The van der Waals surface area contributed by atoms with E-state index in [2.05, 4.69) is 22.2 Å². The van der Waals surface area contributed by atoms with Crippen LogP contribution in [0, 0.1) is 5.92 Å². The predicted molar refractivity (Wildman–Crippen MR) is 81.0 cm³/mol. The molecule has 1 aliphatic heterocycles. The highest BCUT2D eigenvalue weighted by Crippen LogP contribution is 2.19. The third-order valence-electron chi connectivity index (χ3n) is 3.79. The van der Waals surface area contributed by atoms with E-state index in [9.17, 15) is 4.79 Å². The van der Waals surface area contributed by atoms with Gasteiger partial charge in [-0.2, -0.15) is 0 Å². The van der Waals surface area contributed by atoms with E-state index in [0.29, 0.717) is 11.5 Å². The van der Waals surface area contributed by atoms with Crippen molar-refractivity contribution in [2.24, 2.45) is 5.92 Å². The second kappa shape index (κ2) is 6.70. The van der Waals surface area contributed by atoms with Crippen LogP contribution in [0.5, 0.6) is 0 Å². The number of carbonyl (C=O) groups is 1. The van der Waals surface area contributed by atoms with E-state index in [1.54, 1.807) is 18.5 Å². The van der Waals surface area contributed by atoms with E-state index in [1.165, 1.54) is 6.42 Å². The fourth-order valence-corrected chi connectivity index (χ4v) is 2.76. The zero-order valence-electron chi connectivity index (χ0n) is 12.6. The highest BCUT2D eigenvalue weighted by Gasteiger charge is 2.24. The van der Waals surface area contributed by atoms with Crippen molar-refractivity contribution < 1.29 is 4.79 Å². The van der Waals surface area contributed by atoms with Gasteiger partial charge in [0.05, 0.1) is 17.4 Å². The summed E-state index contributed by atoms with van der Waals surface area (Å²) < 4.78 is 0. The molecule has 0 saturated carbocycles. The lowest BCUT2D eigenvalue weighted by molar-refractivity contribution is 0.0775. The fourth-order valence-electron chi connectivity index (χ4n) is 2.76. The first-order valence-electron chi connectivity index (χ1n) is 7.23. The number of hydrogen-bond donors (Lipinski definition) is 1. The van der Waals surface area contributed by atoms with Gasteiger partial charge in [-0.15, -0.1) is 0 Å². The van der Waals surface area contributed by atoms with Crippen LogP contribution in [0.1, 0.15) is 23.7 Å². The molecule has 1 aliphatic rings. The van der Waals surface area contributed by atoms with Crippen LogP contribution < -0.4 is 5.32 Å². The molecule has 1 unspecified atom stereocenters. The molecule has 0 bridgehead atoms. The van der Waals surface area contributed by atoms with Gasteiger partial charge in [0, 0.05) is 32.9 Å². The number of nitrogens with one attached hydrogen (secondary N) is 1. The van der Waals surface area contributed by atoms with Gasteiger partial charge < -0.3 is 15.1 Å². The highest BCUT2D eigenvalue weighted by molar-refractivity contribution is 5.99. The van der Waals surface area contributed by atoms with Crippen LogP contribution in [-0.2, 0) is 0 Å². The first-order chi connectivity index (χ1) is 9.61. The Kier molecular flexibility index (Phi) is 4.95. The fraction of sp³-hybridized carbons (Fsp3) is 0.600. The zero-order valence-corrected chi connectivity index (χ0v) is 12.6. The molecule has 0 aromatic carbocycles. The van der Waals surface area contributed by atoms with Crippen molar-refractivity contribution in [2.45, 2.75) is 13.3 Å². The monoisotopic (exact) mass is 276 g/mol. The maximum atomic E-state index is 12.6. The molecule has 1 saturated heterocycles. The summed E-state index contributed by atoms with van der Waals surface area (Å²) in [6, 6.07) is 1.79. The normalized spacial score (nSPS) is 19.1. The van der Waals surface area contributed by atoms with Crippen molar-refractivity contribution in [3.05, 3.63) is 24.0 Å². The standard InChI is InChI=1S/C15H24N4O/c1-4-17-14-9-16-7-5-13(14)15(20)19(3)11-12-6-8-18(2)10-12/h5,7,9,12,17H,4,6,8,10-11H2,1-3H3. The Bertz CT molecular complexity index is 463. The molecule has 5 heteroatoms. The van der Waals surface area contributed by atoms with Crippen LogP contribution in [0.2, 0.25) is 0 Å². The van der Waals surface area contributed by atoms with Crippen molar-refractivity contribution >= 4 is 11.6 Å². The second-order valence-corrected chi connectivity index (χ2v) is 5.55. The summed E-state index contributed by atoms with van der Waals surface area (Å²) in [4.78, 5) is 20.8. The minimum Gasteiger partial charge on any atom is -0.383 e. The first kappa shape index (κ1) is 14.8. The largest absolute Gasteiger partial charge is 0.383 e. The van der Waals surface area contributed by atoms with Crippen molar-refractivity contribution in [3.8, 4) is 0 Å². The number of likely N-dealkylation sites (tertiary alicyclic amines) is 1. The molecule has 0 radical (unpaired) electrons. The molecule has 0 spiro atoms. The summed E-state index contributed by atoms with van der Waals surface area (Å²) in [5, 5.41) is 3.19. The predicted octanol–water partition coefficient (Wildman–Crippen LogP) is 1.54. The number of anilines is 1. The maximum absolute atomic E-state index is 12.6. The average molecular weight is 276 g/mol. The van der Waals surface area contributed by atoms with Crippen molar-refractivity contribution in [1.29, 1.82) is 0 Å². The topological polar surface area (TPSA) is 48.5 Å². The lowest BCUT2D eigenvalue weighted by Gasteiger charge is -2.22. The quantitative estimate of drug-likeness (QED) is 0.886. The van der Waals surface area contributed by atoms with Crippen LogP contribution in [-0.4, -0.2) is 61.0 Å². The molecule has 0 aliphatic carbocycles. The molecule has 20 heavy (non-hydrogen) atoms. The number of carbonyl (C=O) groups excluding carboxylic acids is 1. The highest BCUT2D eigenvalue weighted by atomic mass is 16.2. The summed E-state index contributed by atoms with van der Waals surface area (Å²) in [5.41, 5.74) is 1.52. The maximum Gasteiger partial charge on any atom is 0.255 e. The van der Waals surface area contributed by atoms with Gasteiger partial charge in [-0.3, -0.25) is 9.78 Å². The Morgan fingerprint density at radius 1 is 1.60 bits per heavy atom. The first-order valence-corrected chi connectivity index (χ1v) is 7.23. The Labute approximate surface area is 121 Å². The minimum absolute atomic E-state index is 0.0675. The lowest BCUT2D eigenvalue weighted by Crippen LogP contribution is -2.33. The smallest absolute Gasteiger partial charge is 0.255 e. The minimum atomic E-state index is 0.0675. The Morgan fingerprint density at radius 3 is 3.05 bits per heavy atom. The molecular formula is C15H24N4O. The van der Waals surface area contributed by atoms with Gasteiger partial charge in [0.25, 0.3) is 5.91 Å². The number of rotatable bonds is 5. The Morgan fingerprint density at radius 2 is 2.40 bits per heavy atom. The van der Waals surface area contributed by atoms with Gasteiger partial charge in [-0.25, -0.2) is 0 Å². The number of pyridine rings is 1. The van der Waals surface area contributed by atoms with E-state index in [1.807, 2.05) is 18.9 Å². The summed E-state index contributed by atoms with van der Waals surface area (Å²) in [7, 11) is 4.02. The van der Waals surface area contributed by atoms with Gasteiger partial charge in [-0.05, 0) is 38.9 Å². The molecule has 2 rings (SSSR count). The molecular weight excluding hydrogens is 252 g/mol. The van der Waals surface area contributed by atoms with E-state index in [-0.39, 0.29) is 5.91 Å². The third-order valence-corrected chi connectivity index (χ3v) is 3.79. The second-order valence-electron chi connectivity index (χ2n) is 5.55. The molecule has 2 heterocycles. The SMILES string of the molecule is CCNc1cnccc1C(=O)N(C)CC1CCN(C)C1. The molecule has 1 aromatic heterocycles. The van der Waals surface area contributed by atoms with Crippen LogP contribution in [0.15, 0.2) is 18.5 Å². The molecule has 1 fully saturated rings. The third kappa shape index (κ3) is 3.48. The molecule has 1 N–H and O–H groups in total. The van der Waals surface area contributed by atoms with Gasteiger partial charge >= 0.3 is 0 Å². The van der Waals surface area contributed by atoms with Crippen molar-refractivity contribution in [1.82, 2.24) is 14.8 Å². The number of amides is 1. The summed E-state index contributed by atoms with van der Waals surface area (Å²) in [5.74, 6) is 0.649. The number of hydrogen-bond acceptors (Lipinski definition) is 4. The molecule has 110 valence electrons. The Balaban J connectivity index is 2.03.